The van der Waals surface area contributed by atoms with E-state index >= 15 is 0 Å². The number of hydrogen-bond acceptors (Lipinski definition) is 3. The summed E-state index contributed by atoms with van der Waals surface area (Å²) in [5, 5.41) is 4.55. The molecule has 0 atom stereocenters. The van der Waals surface area contributed by atoms with Crippen molar-refractivity contribution in [2.75, 3.05) is 4.72 Å². The monoisotopic (exact) mass is 327 g/mol. The zero-order valence-electron chi connectivity index (χ0n) is 12.9. The second-order valence-electron chi connectivity index (χ2n) is 5.36. The van der Waals surface area contributed by atoms with Gasteiger partial charge in [0.05, 0.1) is 17.1 Å². The predicted octanol–water partition coefficient (Wildman–Crippen LogP) is 3.09. The van der Waals surface area contributed by atoms with Gasteiger partial charge in [-0.3, -0.25) is 4.72 Å². The Hall–Kier alpha value is -2.60. The van der Waals surface area contributed by atoms with E-state index in [-0.39, 0.29) is 0 Å². The fourth-order valence-electron chi connectivity index (χ4n) is 2.41. The Bertz CT molecular complexity index is 887. The van der Waals surface area contributed by atoms with Crippen LogP contribution in [0.25, 0.3) is 16.9 Å². The van der Waals surface area contributed by atoms with Gasteiger partial charge in [-0.05, 0) is 44.2 Å². The largest absolute Gasteiger partial charge is 0.286 e. The third-order valence-corrected chi connectivity index (χ3v) is 3.95. The first kappa shape index (κ1) is 15.3. The van der Waals surface area contributed by atoms with Crippen LogP contribution in [0.3, 0.4) is 0 Å². The highest BCUT2D eigenvalue weighted by atomic mass is 32.2. The van der Waals surface area contributed by atoms with Gasteiger partial charge in [0.2, 0.25) is 10.9 Å². The van der Waals surface area contributed by atoms with Crippen molar-refractivity contribution in [2.45, 2.75) is 13.8 Å². The molecular weight excluding hydrogens is 310 g/mol. The Morgan fingerprint density at radius 2 is 1.61 bits per heavy atom. The predicted molar refractivity (Wildman–Crippen MR) is 92.4 cm³/mol. The lowest BCUT2D eigenvalue weighted by Crippen LogP contribution is -2.00. The van der Waals surface area contributed by atoms with Crippen molar-refractivity contribution < 1.29 is 8.42 Å². The highest BCUT2D eigenvalue weighted by Gasteiger charge is 2.10. The lowest BCUT2D eigenvalue weighted by molar-refractivity contribution is 0.619. The Labute approximate surface area is 136 Å². The Balaban J connectivity index is 2.01. The van der Waals surface area contributed by atoms with Gasteiger partial charge in [0.1, 0.15) is 0 Å². The molecule has 0 aliphatic carbocycles. The van der Waals surface area contributed by atoms with E-state index in [2.05, 4.69) is 41.0 Å². The molecule has 23 heavy (non-hydrogen) atoms. The van der Waals surface area contributed by atoms with E-state index in [1.807, 2.05) is 29.8 Å². The van der Waals surface area contributed by atoms with E-state index in [9.17, 15) is 8.42 Å². The fraction of sp³-hybridized carbons (Fsp3) is 0.118. The van der Waals surface area contributed by atoms with Gasteiger partial charge in [-0.2, -0.15) is 5.10 Å². The maximum Gasteiger partial charge on any atom is 0.222 e. The number of anilines is 1. The summed E-state index contributed by atoms with van der Waals surface area (Å²) < 4.78 is 25.6. The van der Waals surface area contributed by atoms with Crippen molar-refractivity contribution in [3.8, 4) is 16.9 Å². The van der Waals surface area contributed by atoms with Crippen LogP contribution in [0.4, 0.5) is 5.69 Å². The summed E-state index contributed by atoms with van der Waals surface area (Å²) >= 11 is 0. The van der Waals surface area contributed by atoms with E-state index in [1.54, 1.807) is 12.1 Å². The molecule has 6 heteroatoms. The Morgan fingerprint density at radius 3 is 2.22 bits per heavy atom. The number of hydrogen-bond donors (Lipinski definition) is 2. The molecule has 0 bridgehead atoms. The highest BCUT2D eigenvalue weighted by Crippen LogP contribution is 2.25. The third kappa shape index (κ3) is 3.43. The van der Waals surface area contributed by atoms with Gasteiger partial charge in [-0.1, -0.05) is 29.8 Å². The molecule has 0 aliphatic heterocycles. The van der Waals surface area contributed by atoms with Gasteiger partial charge in [0.15, 0.2) is 0 Å². The summed E-state index contributed by atoms with van der Waals surface area (Å²) in [4.78, 5) is 0. The van der Waals surface area contributed by atoms with Gasteiger partial charge < -0.3 is 0 Å². The van der Waals surface area contributed by atoms with Crippen LogP contribution < -0.4 is 4.72 Å². The maximum atomic E-state index is 10.7. The summed E-state index contributed by atoms with van der Waals surface area (Å²) in [5.74, 6) is 0. The zero-order chi connectivity index (χ0) is 16.4. The number of benzene rings is 2. The molecule has 3 aromatic rings. The van der Waals surface area contributed by atoms with E-state index in [0.29, 0.717) is 5.69 Å². The molecule has 0 saturated carbocycles. The van der Waals surface area contributed by atoms with E-state index in [4.69, 9.17) is 0 Å². The maximum absolute atomic E-state index is 10.7. The lowest BCUT2D eigenvalue weighted by Gasteiger charge is -2.09. The minimum atomic E-state index is -2.65. The van der Waals surface area contributed by atoms with Gasteiger partial charge in [-0.15, -0.1) is 0 Å². The van der Waals surface area contributed by atoms with Gasteiger partial charge in [0, 0.05) is 11.3 Å². The zero-order valence-corrected chi connectivity index (χ0v) is 13.7. The third-order valence-electron chi connectivity index (χ3n) is 3.51. The molecule has 5 nitrogen and oxygen atoms in total. The molecule has 1 aromatic heterocycles. The summed E-state index contributed by atoms with van der Waals surface area (Å²) in [5.41, 5.74) is 5.62. The second-order valence-corrected chi connectivity index (χ2v) is 6.10. The molecule has 2 aromatic carbocycles. The molecule has 3 rings (SSSR count). The quantitative estimate of drug-likeness (QED) is 0.724. The lowest BCUT2D eigenvalue weighted by atomic mass is 10.1. The Kier molecular flexibility index (Phi) is 4.16. The molecule has 0 radical (unpaired) electrons. The van der Waals surface area contributed by atoms with Crippen LogP contribution in [0, 0.1) is 13.8 Å². The molecule has 0 amide bonds. The minimum absolute atomic E-state index is 0.533. The molecule has 1 heterocycles. The Morgan fingerprint density at radius 1 is 0.957 bits per heavy atom. The van der Waals surface area contributed by atoms with Crippen LogP contribution in [0.1, 0.15) is 11.3 Å². The van der Waals surface area contributed by atoms with Crippen LogP contribution in [0.15, 0.2) is 54.6 Å². The average Bonchev–Trinajstić information content (AvgIpc) is 2.90. The van der Waals surface area contributed by atoms with Crippen LogP contribution in [0.5, 0.6) is 0 Å². The summed E-state index contributed by atoms with van der Waals surface area (Å²) in [6.45, 7) is 4.01. The summed E-state index contributed by atoms with van der Waals surface area (Å²) in [7, 11) is -2.65. The normalized spacial score (nSPS) is 10.9. The molecule has 118 valence electrons. The summed E-state index contributed by atoms with van der Waals surface area (Å²) in [6.07, 6.45) is 0. The number of nitrogens with one attached hydrogen (secondary N) is 1. The molecule has 0 spiro atoms. The van der Waals surface area contributed by atoms with Crippen LogP contribution >= 0.6 is 0 Å². The number of rotatable bonds is 4. The van der Waals surface area contributed by atoms with Crippen molar-refractivity contribution in [1.82, 2.24) is 9.78 Å². The first-order chi connectivity index (χ1) is 11.0. The topological polar surface area (TPSA) is 64.0 Å². The van der Waals surface area contributed by atoms with Gasteiger partial charge in [-0.25, -0.2) is 13.1 Å². The standard InChI is InChI=1S/C17H17N3O2S/c1-12-3-5-14(6-4-12)17-11-13(2)18-20(17)16-9-7-15(8-10-16)19-23(21)22/h3-11,23H,1-2H3,(H,19,21,22). The first-order valence-electron chi connectivity index (χ1n) is 7.18. The average molecular weight is 327 g/mol. The van der Waals surface area contributed by atoms with Crippen molar-refractivity contribution in [2.24, 2.45) is 0 Å². The van der Waals surface area contributed by atoms with Crippen molar-refractivity contribution >= 4 is 16.6 Å². The summed E-state index contributed by atoms with van der Waals surface area (Å²) in [6, 6.07) is 17.4. The van der Waals surface area contributed by atoms with Crippen LogP contribution in [0.2, 0.25) is 0 Å². The van der Waals surface area contributed by atoms with Crippen molar-refractivity contribution in [3.63, 3.8) is 0 Å². The number of aryl methyl sites for hydroxylation is 2. The van der Waals surface area contributed by atoms with E-state index in [1.165, 1.54) is 5.56 Å². The molecule has 0 aliphatic rings. The smallest absolute Gasteiger partial charge is 0.222 e. The molecule has 1 N–H and O–H groups in total. The molecular formula is C17H17N3O2S. The molecule has 0 fully saturated rings. The first-order valence-corrected chi connectivity index (χ1v) is 8.36. The number of nitrogens with zero attached hydrogens (tertiary/aromatic N) is 2. The van der Waals surface area contributed by atoms with Crippen LogP contribution in [-0.2, 0) is 10.9 Å². The van der Waals surface area contributed by atoms with Gasteiger partial charge >= 0.3 is 0 Å². The second kappa shape index (κ2) is 6.26. The van der Waals surface area contributed by atoms with E-state index in [0.717, 1.165) is 22.6 Å². The fourth-order valence-corrected chi connectivity index (χ4v) is 2.77. The van der Waals surface area contributed by atoms with Crippen molar-refractivity contribution in [3.05, 3.63) is 65.9 Å². The van der Waals surface area contributed by atoms with Gasteiger partial charge in [0.25, 0.3) is 0 Å². The number of aromatic nitrogens is 2. The molecule has 0 saturated heterocycles. The van der Waals surface area contributed by atoms with E-state index < -0.39 is 10.9 Å². The molecule has 0 unspecified atom stereocenters. The minimum Gasteiger partial charge on any atom is -0.286 e. The SMILES string of the molecule is Cc1ccc(-c2cc(C)nn2-c2ccc(N[SH](=O)=O)cc2)cc1. The van der Waals surface area contributed by atoms with Crippen LogP contribution in [-0.4, -0.2) is 18.2 Å². The number of thiol groups is 1. The van der Waals surface area contributed by atoms with Crippen molar-refractivity contribution in [1.29, 1.82) is 0 Å². The highest BCUT2D eigenvalue weighted by molar-refractivity contribution is 7.73.